The summed E-state index contributed by atoms with van der Waals surface area (Å²) in [5.74, 6) is 0. The van der Waals surface area contributed by atoms with Crippen molar-refractivity contribution in [3.05, 3.63) is 30.5 Å². The van der Waals surface area contributed by atoms with E-state index >= 15 is 0 Å². The number of hydrogen-bond acceptors (Lipinski definition) is 3. The molecular weight excluding hydrogens is 216 g/mol. The zero-order chi connectivity index (χ0) is 11.4. The summed E-state index contributed by atoms with van der Waals surface area (Å²) in [6.07, 6.45) is 6.27. The van der Waals surface area contributed by atoms with E-state index in [1.807, 2.05) is 30.1 Å². The molecule has 0 aromatic carbocycles. The van der Waals surface area contributed by atoms with Gasteiger partial charge >= 0.3 is 0 Å². The van der Waals surface area contributed by atoms with E-state index in [0.717, 1.165) is 15.8 Å². The summed E-state index contributed by atoms with van der Waals surface area (Å²) >= 11 is 1.91. The predicted molar refractivity (Wildman–Crippen MR) is 70.7 cm³/mol. The lowest BCUT2D eigenvalue weighted by Gasteiger charge is -2.28. The number of aromatic nitrogens is 1. The van der Waals surface area contributed by atoms with Gasteiger partial charge in [-0.2, -0.15) is 0 Å². The van der Waals surface area contributed by atoms with E-state index in [1.165, 1.54) is 25.9 Å². The zero-order valence-electron chi connectivity index (χ0n) is 9.72. The van der Waals surface area contributed by atoms with Gasteiger partial charge in [0.05, 0.1) is 5.03 Å². The van der Waals surface area contributed by atoms with Crippen LogP contribution in [0.3, 0.4) is 0 Å². The van der Waals surface area contributed by atoms with Crippen LogP contribution in [0.15, 0.2) is 29.9 Å². The first-order valence-electron chi connectivity index (χ1n) is 5.71. The third kappa shape index (κ3) is 3.09. The second-order valence-electron chi connectivity index (χ2n) is 4.25. The molecule has 1 aliphatic heterocycles. The molecule has 0 spiro atoms. The molecule has 16 heavy (non-hydrogen) atoms. The summed E-state index contributed by atoms with van der Waals surface area (Å²) in [6, 6.07) is 4.11. The first-order valence-corrected chi connectivity index (χ1v) is 6.59. The summed E-state index contributed by atoms with van der Waals surface area (Å²) in [5, 5.41) is 1.86. The molecule has 0 atom stereocenters. The Morgan fingerprint density at radius 2 is 2.25 bits per heavy atom. The van der Waals surface area contributed by atoms with Crippen LogP contribution in [-0.2, 0) is 0 Å². The average molecular weight is 234 g/mol. The number of pyridine rings is 1. The molecule has 1 saturated heterocycles. The van der Waals surface area contributed by atoms with E-state index in [1.54, 1.807) is 0 Å². The number of likely N-dealkylation sites (tertiary alicyclic amines) is 1. The summed E-state index contributed by atoms with van der Waals surface area (Å²) in [6.45, 7) is 6.20. The second kappa shape index (κ2) is 5.51. The molecule has 0 aliphatic carbocycles. The minimum absolute atomic E-state index is 0.726. The van der Waals surface area contributed by atoms with Gasteiger partial charge in [0.1, 0.15) is 0 Å². The molecule has 1 aromatic rings. The maximum Gasteiger partial charge on any atom is 0.0968 e. The van der Waals surface area contributed by atoms with Crippen LogP contribution in [0.5, 0.6) is 0 Å². The Morgan fingerprint density at radius 3 is 2.94 bits per heavy atom. The van der Waals surface area contributed by atoms with Gasteiger partial charge in [0.15, 0.2) is 0 Å². The number of hydrogen-bond donors (Lipinski definition) is 0. The van der Waals surface area contributed by atoms with Gasteiger partial charge in [0.25, 0.3) is 0 Å². The Bertz CT molecular complexity index is 357. The number of piperidine rings is 1. The molecule has 2 heterocycles. The molecular formula is C13H18N2S. The van der Waals surface area contributed by atoms with E-state index in [9.17, 15) is 0 Å². The molecule has 2 rings (SSSR count). The quantitative estimate of drug-likeness (QED) is 0.800. The molecule has 0 bridgehead atoms. The molecule has 86 valence electrons. The van der Waals surface area contributed by atoms with E-state index in [0.29, 0.717) is 0 Å². The van der Waals surface area contributed by atoms with Gasteiger partial charge in [0.2, 0.25) is 0 Å². The van der Waals surface area contributed by atoms with Crippen molar-refractivity contribution in [2.24, 2.45) is 0 Å². The van der Waals surface area contributed by atoms with Crippen molar-refractivity contribution in [1.82, 2.24) is 9.88 Å². The van der Waals surface area contributed by atoms with Gasteiger partial charge in [-0.25, -0.2) is 4.98 Å². The minimum Gasteiger partial charge on any atom is -0.306 e. The van der Waals surface area contributed by atoms with Gasteiger partial charge in [-0.3, -0.25) is 0 Å². The Hall–Kier alpha value is -0.800. The standard InChI is InChI=1S/C13H18N2S/c1-3-11-4-7-14-13(10-11)16-12-5-8-15(2)9-6-12/h3-4,7,10,12H,1,5-6,8-9H2,2H3. The zero-order valence-corrected chi connectivity index (χ0v) is 10.5. The van der Waals surface area contributed by atoms with Crippen molar-refractivity contribution < 1.29 is 0 Å². The fourth-order valence-electron chi connectivity index (χ4n) is 1.89. The summed E-state index contributed by atoms with van der Waals surface area (Å²) in [4.78, 5) is 6.80. The topological polar surface area (TPSA) is 16.1 Å². The van der Waals surface area contributed by atoms with E-state index in [4.69, 9.17) is 0 Å². The molecule has 0 N–H and O–H groups in total. The molecule has 0 saturated carbocycles. The lowest BCUT2D eigenvalue weighted by Crippen LogP contribution is -2.31. The van der Waals surface area contributed by atoms with Gasteiger partial charge in [-0.15, -0.1) is 11.8 Å². The summed E-state index contributed by atoms with van der Waals surface area (Å²) < 4.78 is 0. The van der Waals surface area contributed by atoms with Gasteiger partial charge in [-0.1, -0.05) is 12.7 Å². The van der Waals surface area contributed by atoms with E-state index < -0.39 is 0 Å². The highest BCUT2D eigenvalue weighted by atomic mass is 32.2. The number of rotatable bonds is 3. The maximum absolute atomic E-state index is 4.40. The van der Waals surface area contributed by atoms with Crippen LogP contribution in [0, 0.1) is 0 Å². The molecule has 0 radical (unpaired) electrons. The largest absolute Gasteiger partial charge is 0.306 e. The highest BCUT2D eigenvalue weighted by molar-refractivity contribution is 7.99. The Labute approximate surface area is 102 Å². The highest BCUT2D eigenvalue weighted by Crippen LogP contribution is 2.29. The molecule has 0 amide bonds. The SMILES string of the molecule is C=Cc1ccnc(SC2CCN(C)CC2)c1. The van der Waals surface area contributed by atoms with Gasteiger partial charge in [0, 0.05) is 11.4 Å². The molecule has 1 fully saturated rings. The normalized spacial score (nSPS) is 18.6. The van der Waals surface area contributed by atoms with Crippen molar-refractivity contribution in [1.29, 1.82) is 0 Å². The van der Waals surface area contributed by atoms with Crippen LogP contribution in [0.25, 0.3) is 6.08 Å². The number of nitrogens with zero attached hydrogens (tertiary/aromatic N) is 2. The van der Waals surface area contributed by atoms with Gasteiger partial charge in [-0.05, 0) is 50.7 Å². The molecule has 1 aliphatic rings. The van der Waals surface area contributed by atoms with Crippen molar-refractivity contribution >= 4 is 17.8 Å². The number of thioether (sulfide) groups is 1. The van der Waals surface area contributed by atoms with Crippen LogP contribution in [-0.4, -0.2) is 35.3 Å². The Balaban J connectivity index is 1.95. The van der Waals surface area contributed by atoms with Crippen molar-refractivity contribution in [2.45, 2.75) is 23.1 Å². The van der Waals surface area contributed by atoms with E-state index in [-0.39, 0.29) is 0 Å². The van der Waals surface area contributed by atoms with Crippen LogP contribution in [0.4, 0.5) is 0 Å². The second-order valence-corrected chi connectivity index (χ2v) is 5.57. The monoisotopic (exact) mass is 234 g/mol. The van der Waals surface area contributed by atoms with E-state index in [2.05, 4.69) is 29.6 Å². The molecule has 2 nitrogen and oxygen atoms in total. The van der Waals surface area contributed by atoms with Gasteiger partial charge < -0.3 is 4.90 Å². The van der Waals surface area contributed by atoms with Crippen LogP contribution in [0.2, 0.25) is 0 Å². The molecule has 1 aromatic heterocycles. The maximum atomic E-state index is 4.40. The predicted octanol–water partition coefficient (Wildman–Crippen LogP) is 2.91. The smallest absolute Gasteiger partial charge is 0.0968 e. The summed E-state index contributed by atoms with van der Waals surface area (Å²) in [7, 11) is 2.19. The molecule has 0 unspecified atom stereocenters. The van der Waals surface area contributed by atoms with Crippen molar-refractivity contribution in [3.8, 4) is 0 Å². The molecule has 3 heteroatoms. The minimum atomic E-state index is 0.726. The Kier molecular flexibility index (Phi) is 4.02. The van der Waals surface area contributed by atoms with Crippen LogP contribution >= 0.6 is 11.8 Å². The lowest BCUT2D eigenvalue weighted by atomic mass is 10.1. The van der Waals surface area contributed by atoms with Crippen molar-refractivity contribution in [2.75, 3.05) is 20.1 Å². The Morgan fingerprint density at radius 1 is 1.50 bits per heavy atom. The lowest BCUT2D eigenvalue weighted by molar-refractivity contribution is 0.282. The van der Waals surface area contributed by atoms with Crippen molar-refractivity contribution in [3.63, 3.8) is 0 Å². The third-order valence-electron chi connectivity index (χ3n) is 2.95. The average Bonchev–Trinajstić information content (AvgIpc) is 2.32. The fraction of sp³-hybridized carbons (Fsp3) is 0.462. The first-order chi connectivity index (χ1) is 7.78. The summed E-state index contributed by atoms with van der Waals surface area (Å²) in [5.41, 5.74) is 1.16. The first kappa shape index (κ1) is 11.7. The third-order valence-corrected chi connectivity index (χ3v) is 4.22. The van der Waals surface area contributed by atoms with Crippen LogP contribution in [0.1, 0.15) is 18.4 Å². The highest BCUT2D eigenvalue weighted by Gasteiger charge is 2.17. The van der Waals surface area contributed by atoms with Crippen LogP contribution < -0.4 is 0 Å². The fourth-order valence-corrected chi connectivity index (χ4v) is 3.00.